The van der Waals surface area contributed by atoms with E-state index in [1.165, 1.54) is 0 Å². The van der Waals surface area contributed by atoms with Crippen LogP contribution in [-0.4, -0.2) is 61.4 Å². The van der Waals surface area contributed by atoms with Gasteiger partial charge in [0.2, 0.25) is 5.91 Å². The van der Waals surface area contributed by atoms with Crippen molar-refractivity contribution in [3.8, 4) is 0 Å². The lowest BCUT2D eigenvalue weighted by Crippen LogP contribution is -2.47. The standard InChI is InChI=1S/C20H27ClF3N3O3S/c1-2-3-7-27(16-6-10-31(29,30)13-16)19(28)14-4-8-26(9-5-14)18-17(21)11-15(12-25-18)20(22,23)24/h11-12,14,16H,2-10,13H2,1H3. The molecule has 0 aromatic carbocycles. The third-order valence-corrected chi connectivity index (χ3v) is 8.01. The van der Waals surface area contributed by atoms with Crippen LogP contribution in [0, 0.1) is 5.92 Å². The second-order valence-corrected chi connectivity index (χ2v) is 10.9. The van der Waals surface area contributed by atoms with Crippen LogP contribution in [0.4, 0.5) is 19.0 Å². The molecule has 2 aliphatic heterocycles. The number of halogens is 4. The minimum absolute atomic E-state index is 0.0202. The summed E-state index contributed by atoms with van der Waals surface area (Å²) in [5.41, 5.74) is -0.899. The topological polar surface area (TPSA) is 70.6 Å². The Balaban J connectivity index is 1.65. The lowest BCUT2D eigenvalue weighted by Gasteiger charge is -2.37. The Morgan fingerprint density at radius 2 is 1.97 bits per heavy atom. The van der Waals surface area contributed by atoms with E-state index in [0.29, 0.717) is 38.9 Å². The van der Waals surface area contributed by atoms with Gasteiger partial charge in [0, 0.05) is 37.8 Å². The van der Waals surface area contributed by atoms with Crippen LogP contribution < -0.4 is 4.90 Å². The van der Waals surface area contributed by atoms with Crippen molar-refractivity contribution in [2.24, 2.45) is 5.92 Å². The first-order valence-corrected chi connectivity index (χ1v) is 12.7. The summed E-state index contributed by atoms with van der Waals surface area (Å²) in [6, 6.07) is 0.599. The number of piperidine rings is 1. The molecule has 2 saturated heterocycles. The first-order valence-electron chi connectivity index (χ1n) is 10.5. The van der Waals surface area contributed by atoms with E-state index in [4.69, 9.17) is 11.6 Å². The van der Waals surface area contributed by atoms with Crippen LogP contribution in [0.1, 0.15) is 44.6 Å². The van der Waals surface area contributed by atoms with Crippen LogP contribution in [0.5, 0.6) is 0 Å². The van der Waals surface area contributed by atoms with Crippen molar-refractivity contribution in [2.75, 3.05) is 36.0 Å². The van der Waals surface area contributed by atoms with Gasteiger partial charge in [-0.25, -0.2) is 13.4 Å². The zero-order valence-electron chi connectivity index (χ0n) is 17.4. The van der Waals surface area contributed by atoms with Gasteiger partial charge in [0.05, 0.1) is 22.1 Å². The fraction of sp³-hybridized carbons (Fsp3) is 0.700. The molecule has 0 bridgehead atoms. The second kappa shape index (κ2) is 9.52. The van der Waals surface area contributed by atoms with E-state index >= 15 is 0 Å². The molecule has 6 nitrogen and oxygen atoms in total. The van der Waals surface area contributed by atoms with Gasteiger partial charge in [-0.05, 0) is 31.7 Å². The number of carbonyl (C=O) groups is 1. The number of hydrogen-bond donors (Lipinski definition) is 0. The summed E-state index contributed by atoms with van der Waals surface area (Å²) < 4.78 is 62.3. The summed E-state index contributed by atoms with van der Waals surface area (Å²) in [7, 11) is -3.10. The maximum atomic E-state index is 13.2. The van der Waals surface area contributed by atoms with Crippen molar-refractivity contribution in [2.45, 2.75) is 51.2 Å². The summed E-state index contributed by atoms with van der Waals surface area (Å²) in [4.78, 5) is 20.7. The molecule has 2 aliphatic rings. The average Bonchev–Trinajstić information content (AvgIpc) is 3.07. The molecular weight excluding hydrogens is 455 g/mol. The van der Waals surface area contributed by atoms with E-state index in [0.717, 1.165) is 25.1 Å². The molecule has 1 aromatic rings. The lowest BCUT2D eigenvalue weighted by molar-refractivity contribution is -0.139. The predicted octanol–water partition coefficient (Wildman–Crippen LogP) is 3.79. The van der Waals surface area contributed by atoms with Crippen molar-refractivity contribution in [3.63, 3.8) is 0 Å². The predicted molar refractivity (Wildman–Crippen MR) is 113 cm³/mol. The fourth-order valence-corrected chi connectivity index (χ4v) is 6.23. The molecule has 1 aromatic heterocycles. The maximum absolute atomic E-state index is 13.2. The molecule has 174 valence electrons. The molecule has 0 aliphatic carbocycles. The highest BCUT2D eigenvalue weighted by Crippen LogP contribution is 2.35. The highest BCUT2D eigenvalue weighted by molar-refractivity contribution is 7.91. The van der Waals surface area contributed by atoms with Gasteiger partial charge >= 0.3 is 6.18 Å². The van der Waals surface area contributed by atoms with E-state index < -0.39 is 21.6 Å². The van der Waals surface area contributed by atoms with Crippen molar-refractivity contribution in [1.82, 2.24) is 9.88 Å². The van der Waals surface area contributed by atoms with Crippen molar-refractivity contribution in [1.29, 1.82) is 0 Å². The van der Waals surface area contributed by atoms with Gasteiger partial charge in [-0.3, -0.25) is 4.79 Å². The summed E-state index contributed by atoms with van der Waals surface area (Å²) in [5, 5.41) is -0.0691. The molecule has 3 heterocycles. The van der Waals surface area contributed by atoms with Gasteiger partial charge in [0.1, 0.15) is 5.82 Å². The van der Waals surface area contributed by atoms with Gasteiger partial charge < -0.3 is 9.80 Å². The minimum Gasteiger partial charge on any atom is -0.355 e. The Morgan fingerprint density at radius 3 is 2.48 bits per heavy atom. The third-order valence-electron chi connectivity index (χ3n) is 5.98. The Bertz CT molecular complexity index is 903. The van der Waals surface area contributed by atoms with E-state index in [-0.39, 0.29) is 40.2 Å². The zero-order chi connectivity index (χ0) is 22.8. The number of carbonyl (C=O) groups excluding carboxylic acids is 1. The molecule has 0 radical (unpaired) electrons. The Hall–Kier alpha value is -1.55. The number of amides is 1. The summed E-state index contributed by atoms with van der Waals surface area (Å²) in [6.45, 7) is 3.45. The molecule has 31 heavy (non-hydrogen) atoms. The molecular formula is C20H27ClF3N3O3S. The Morgan fingerprint density at radius 1 is 1.29 bits per heavy atom. The smallest absolute Gasteiger partial charge is 0.355 e. The molecule has 11 heteroatoms. The molecule has 1 atom stereocenters. The number of pyridine rings is 1. The summed E-state index contributed by atoms with van der Waals surface area (Å²) in [5.74, 6) is 0.146. The number of nitrogens with zero attached hydrogens (tertiary/aromatic N) is 3. The second-order valence-electron chi connectivity index (χ2n) is 8.23. The Kier molecular flexibility index (Phi) is 7.40. The van der Waals surface area contributed by atoms with Crippen molar-refractivity contribution < 1.29 is 26.4 Å². The zero-order valence-corrected chi connectivity index (χ0v) is 18.9. The molecule has 0 saturated carbocycles. The van der Waals surface area contributed by atoms with Crippen molar-refractivity contribution in [3.05, 3.63) is 22.8 Å². The molecule has 0 spiro atoms. The molecule has 1 unspecified atom stereocenters. The van der Waals surface area contributed by atoms with Crippen LogP contribution in [0.25, 0.3) is 0 Å². The first kappa shape index (κ1) is 24.1. The minimum atomic E-state index is -4.51. The van der Waals surface area contributed by atoms with Crippen LogP contribution in [0.15, 0.2) is 12.3 Å². The quantitative estimate of drug-likeness (QED) is 0.618. The van der Waals surface area contributed by atoms with Crippen LogP contribution >= 0.6 is 11.6 Å². The summed E-state index contributed by atoms with van der Waals surface area (Å²) in [6.07, 6.45) is -0.524. The van der Waals surface area contributed by atoms with E-state index in [1.54, 1.807) is 9.80 Å². The SMILES string of the molecule is CCCCN(C(=O)C1CCN(c2ncc(C(F)(F)F)cc2Cl)CC1)C1CCS(=O)(=O)C1. The number of rotatable bonds is 6. The molecule has 0 N–H and O–H groups in total. The van der Waals surface area contributed by atoms with Gasteiger partial charge in [-0.15, -0.1) is 0 Å². The van der Waals surface area contributed by atoms with Gasteiger partial charge in [0.25, 0.3) is 0 Å². The van der Waals surface area contributed by atoms with Gasteiger partial charge in [-0.1, -0.05) is 24.9 Å². The number of aromatic nitrogens is 1. The number of unbranched alkanes of at least 4 members (excludes halogenated alkanes) is 1. The summed E-state index contributed by atoms with van der Waals surface area (Å²) >= 11 is 6.05. The van der Waals surface area contributed by atoms with E-state index in [2.05, 4.69) is 4.98 Å². The van der Waals surface area contributed by atoms with E-state index in [1.807, 2.05) is 6.92 Å². The highest BCUT2D eigenvalue weighted by atomic mass is 35.5. The lowest BCUT2D eigenvalue weighted by atomic mass is 9.94. The van der Waals surface area contributed by atoms with Crippen molar-refractivity contribution >= 4 is 33.2 Å². The van der Waals surface area contributed by atoms with Gasteiger partial charge in [0.15, 0.2) is 9.84 Å². The molecule has 1 amide bonds. The monoisotopic (exact) mass is 481 g/mol. The number of hydrogen-bond acceptors (Lipinski definition) is 5. The van der Waals surface area contributed by atoms with Crippen LogP contribution in [-0.2, 0) is 20.8 Å². The normalized spacial score (nSPS) is 22.0. The van der Waals surface area contributed by atoms with E-state index in [9.17, 15) is 26.4 Å². The first-order chi connectivity index (χ1) is 14.5. The fourth-order valence-electron chi connectivity index (χ4n) is 4.21. The number of sulfone groups is 1. The molecule has 2 fully saturated rings. The Labute approximate surface area is 185 Å². The van der Waals surface area contributed by atoms with Gasteiger partial charge in [-0.2, -0.15) is 13.2 Å². The number of anilines is 1. The van der Waals surface area contributed by atoms with Crippen LogP contribution in [0.2, 0.25) is 5.02 Å². The highest BCUT2D eigenvalue weighted by Gasteiger charge is 2.38. The third kappa shape index (κ3) is 5.83. The van der Waals surface area contributed by atoms with Crippen LogP contribution in [0.3, 0.4) is 0 Å². The maximum Gasteiger partial charge on any atom is 0.417 e. The molecule has 3 rings (SSSR count). The number of alkyl halides is 3. The average molecular weight is 482 g/mol. The largest absolute Gasteiger partial charge is 0.417 e.